The van der Waals surface area contributed by atoms with E-state index in [-0.39, 0.29) is 30.5 Å². The van der Waals surface area contributed by atoms with Gasteiger partial charge in [0.05, 0.1) is 12.8 Å². The quantitative estimate of drug-likeness (QED) is 0.465. The molecule has 5 rings (SSSR count). The third-order valence-corrected chi connectivity index (χ3v) is 7.16. The number of carbonyl (C=O) groups excluding carboxylic acids is 2. The molecule has 3 aromatic rings. The molecule has 9 heteroatoms. The van der Waals surface area contributed by atoms with Gasteiger partial charge in [0.2, 0.25) is 5.91 Å². The van der Waals surface area contributed by atoms with Gasteiger partial charge in [0.15, 0.2) is 5.17 Å². The van der Waals surface area contributed by atoms with Crippen LogP contribution in [0.5, 0.6) is 5.75 Å². The fourth-order valence-corrected chi connectivity index (χ4v) is 5.23. The first-order valence-electron chi connectivity index (χ1n) is 11.9. The van der Waals surface area contributed by atoms with E-state index in [1.165, 1.54) is 22.7 Å². The van der Waals surface area contributed by atoms with E-state index in [0.717, 1.165) is 11.1 Å². The van der Waals surface area contributed by atoms with Gasteiger partial charge in [-0.2, -0.15) is 0 Å². The van der Waals surface area contributed by atoms with Crippen molar-refractivity contribution in [2.45, 2.75) is 31.2 Å². The Morgan fingerprint density at radius 2 is 1.78 bits per heavy atom. The number of halogens is 1. The molecule has 188 valence electrons. The largest absolute Gasteiger partial charge is 0.496 e. The fraction of sp³-hybridized carbons (Fsp3) is 0.214. The highest BCUT2D eigenvalue weighted by molar-refractivity contribution is 8.13. The van der Waals surface area contributed by atoms with Gasteiger partial charge in [0.25, 0.3) is 5.91 Å². The third-order valence-electron chi connectivity index (χ3n) is 6.18. The molecular weight excluding hydrogens is 491 g/mol. The summed E-state index contributed by atoms with van der Waals surface area (Å²) in [7, 11) is 1.59. The van der Waals surface area contributed by atoms with Gasteiger partial charge in [-0.15, -0.1) is 0 Å². The van der Waals surface area contributed by atoms with Crippen molar-refractivity contribution >= 4 is 40.3 Å². The first-order valence-corrected chi connectivity index (χ1v) is 12.9. The molecule has 2 aliphatic heterocycles. The van der Waals surface area contributed by atoms with E-state index in [4.69, 9.17) is 9.73 Å². The lowest BCUT2D eigenvalue weighted by atomic mass is 10.1. The molecule has 0 saturated carbocycles. The number of hydrogen-bond donors (Lipinski definition) is 1. The van der Waals surface area contributed by atoms with Crippen LogP contribution in [0.4, 0.5) is 10.1 Å². The Morgan fingerprint density at radius 3 is 2.59 bits per heavy atom. The Hall–Kier alpha value is -3.98. The van der Waals surface area contributed by atoms with Crippen LogP contribution in [-0.4, -0.2) is 40.9 Å². The van der Waals surface area contributed by atoms with Crippen LogP contribution in [-0.2, 0) is 21.9 Å². The number of ether oxygens (including phenoxy) is 1. The van der Waals surface area contributed by atoms with E-state index < -0.39 is 6.04 Å². The predicted molar refractivity (Wildman–Crippen MR) is 142 cm³/mol. The Labute approximate surface area is 218 Å². The number of hydrogen-bond acceptors (Lipinski definition) is 6. The molecule has 3 aromatic carbocycles. The van der Waals surface area contributed by atoms with E-state index in [0.29, 0.717) is 40.3 Å². The van der Waals surface area contributed by atoms with Crippen LogP contribution in [0.2, 0.25) is 0 Å². The molecule has 1 N–H and O–H groups in total. The van der Waals surface area contributed by atoms with Gasteiger partial charge < -0.3 is 10.1 Å². The highest BCUT2D eigenvalue weighted by atomic mass is 32.2. The molecule has 0 bridgehead atoms. The molecule has 0 unspecified atom stereocenters. The highest BCUT2D eigenvalue weighted by Gasteiger charge is 2.41. The van der Waals surface area contributed by atoms with Crippen LogP contribution in [0.15, 0.2) is 82.8 Å². The number of methoxy groups -OCH3 is 1. The predicted octanol–water partition coefficient (Wildman–Crippen LogP) is 4.82. The van der Waals surface area contributed by atoms with Gasteiger partial charge in [-0.3, -0.25) is 14.6 Å². The van der Waals surface area contributed by atoms with Crippen molar-refractivity contribution < 1.29 is 18.7 Å². The third kappa shape index (κ3) is 5.27. The second-order valence-corrected chi connectivity index (χ2v) is 9.50. The number of rotatable bonds is 8. The Kier molecular flexibility index (Phi) is 7.32. The summed E-state index contributed by atoms with van der Waals surface area (Å²) in [5, 5.41) is 3.34. The number of aliphatic imine (C=N–C) groups is 2. The molecule has 0 aliphatic carbocycles. The number of para-hydroxylation sites is 2. The number of nitrogens with one attached hydrogen (secondary N) is 1. The van der Waals surface area contributed by atoms with Gasteiger partial charge in [-0.1, -0.05) is 60.3 Å². The Balaban J connectivity index is 1.28. The number of amides is 2. The summed E-state index contributed by atoms with van der Waals surface area (Å²) in [5.41, 5.74) is 2.87. The lowest BCUT2D eigenvalue weighted by Gasteiger charge is -2.25. The summed E-state index contributed by atoms with van der Waals surface area (Å²) < 4.78 is 19.5. The van der Waals surface area contributed by atoms with E-state index in [2.05, 4.69) is 10.3 Å². The zero-order valence-electron chi connectivity index (χ0n) is 20.2. The van der Waals surface area contributed by atoms with Crippen molar-refractivity contribution in [1.29, 1.82) is 0 Å². The van der Waals surface area contributed by atoms with Crippen LogP contribution in [0.1, 0.15) is 29.5 Å². The van der Waals surface area contributed by atoms with Crippen molar-refractivity contribution in [2.24, 2.45) is 9.98 Å². The van der Waals surface area contributed by atoms with E-state index >= 15 is 0 Å². The Bertz CT molecular complexity index is 1410. The minimum atomic E-state index is -0.697. The van der Waals surface area contributed by atoms with Crippen molar-refractivity contribution in [3.8, 4) is 5.75 Å². The standard InChI is InChI=1S/C28H25FN4O3S/c1-36-24-13-7-3-8-18(24)16-30-25(34)15-14-23-27(35)33-26(31-23)20-10-4-6-12-22(20)32-28(33)37-17-19-9-2-5-11-21(19)29/h2-13,23H,14-17H2,1H3,(H,30,34)/t23-/m1/s1. The SMILES string of the molecule is COc1ccccc1CNC(=O)CC[C@H]1N=C2c3ccccc3N=C(SCc3ccccc3F)N2C1=O. The van der Waals surface area contributed by atoms with Gasteiger partial charge >= 0.3 is 0 Å². The van der Waals surface area contributed by atoms with Crippen molar-refractivity contribution in [1.82, 2.24) is 10.2 Å². The zero-order valence-corrected chi connectivity index (χ0v) is 21.0. The number of thioether (sulfide) groups is 1. The molecule has 0 aromatic heterocycles. The number of fused-ring (bicyclic) bond motifs is 3. The average Bonchev–Trinajstić information content (AvgIpc) is 3.26. The molecule has 0 radical (unpaired) electrons. The second-order valence-electron chi connectivity index (χ2n) is 8.56. The summed E-state index contributed by atoms with van der Waals surface area (Å²) in [6.07, 6.45) is 0.413. The van der Waals surface area contributed by atoms with Crippen molar-refractivity contribution in [2.75, 3.05) is 7.11 Å². The molecule has 2 aliphatic rings. The highest BCUT2D eigenvalue weighted by Crippen LogP contribution is 2.35. The first kappa shape index (κ1) is 24.7. The Morgan fingerprint density at radius 1 is 1.05 bits per heavy atom. The number of benzene rings is 3. The summed E-state index contributed by atoms with van der Waals surface area (Å²) in [6.45, 7) is 0.332. The molecule has 2 heterocycles. The topological polar surface area (TPSA) is 83.4 Å². The van der Waals surface area contributed by atoms with Gasteiger partial charge in [-0.05, 0) is 36.2 Å². The molecule has 2 amide bonds. The molecule has 1 atom stereocenters. The lowest BCUT2D eigenvalue weighted by Crippen LogP contribution is -2.41. The van der Waals surface area contributed by atoms with Gasteiger partial charge in [0.1, 0.15) is 23.4 Å². The molecule has 0 saturated heterocycles. The molecular formula is C28H25FN4O3S. The lowest BCUT2D eigenvalue weighted by molar-refractivity contribution is -0.125. The van der Waals surface area contributed by atoms with Gasteiger partial charge in [-0.25, -0.2) is 14.3 Å². The second kappa shape index (κ2) is 11.0. The molecule has 0 spiro atoms. The summed E-state index contributed by atoms with van der Waals surface area (Å²) in [4.78, 5) is 36.9. The van der Waals surface area contributed by atoms with Crippen LogP contribution in [0.3, 0.4) is 0 Å². The van der Waals surface area contributed by atoms with Gasteiger partial charge in [0, 0.05) is 29.8 Å². The summed E-state index contributed by atoms with van der Waals surface area (Å²) in [6, 6.07) is 20.8. The molecule has 7 nitrogen and oxygen atoms in total. The number of nitrogens with zero attached hydrogens (tertiary/aromatic N) is 3. The molecule has 0 fully saturated rings. The van der Waals surface area contributed by atoms with Crippen LogP contribution >= 0.6 is 11.8 Å². The van der Waals surface area contributed by atoms with Crippen molar-refractivity contribution in [3.05, 3.63) is 95.3 Å². The summed E-state index contributed by atoms with van der Waals surface area (Å²) >= 11 is 1.29. The smallest absolute Gasteiger partial charge is 0.259 e. The normalized spacial score (nSPS) is 16.0. The first-order chi connectivity index (χ1) is 18.0. The monoisotopic (exact) mass is 516 g/mol. The molecule has 37 heavy (non-hydrogen) atoms. The van der Waals surface area contributed by atoms with Crippen molar-refractivity contribution in [3.63, 3.8) is 0 Å². The minimum absolute atomic E-state index is 0.146. The summed E-state index contributed by atoms with van der Waals surface area (Å²) in [5.74, 6) is 0.835. The van der Waals surface area contributed by atoms with Crippen LogP contribution in [0, 0.1) is 5.82 Å². The average molecular weight is 517 g/mol. The van der Waals surface area contributed by atoms with E-state index in [1.807, 2.05) is 48.5 Å². The number of carbonyl (C=O) groups is 2. The minimum Gasteiger partial charge on any atom is -0.496 e. The maximum atomic E-state index is 14.2. The number of amidine groups is 2. The van der Waals surface area contributed by atoms with Crippen LogP contribution in [0.25, 0.3) is 0 Å². The van der Waals surface area contributed by atoms with E-state index in [1.54, 1.807) is 25.3 Å². The fourth-order valence-electron chi connectivity index (χ4n) is 4.24. The van der Waals surface area contributed by atoms with E-state index in [9.17, 15) is 14.0 Å². The van der Waals surface area contributed by atoms with Crippen LogP contribution < -0.4 is 10.1 Å². The zero-order chi connectivity index (χ0) is 25.8. The maximum absolute atomic E-state index is 14.2. The maximum Gasteiger partial charge on any atom is 0.259 e.